The molecule has 1 aromatic heterocycles. The average molecular weight is 442 g/mol. The first-order chi connectivity index (χ1) is 15.0. The number of hydrazine groups is 1. The summed E-state index contributed by atoms with van der Waals surface area (Å²) in [6, 6.07) is 8.01. The third-order valence-corrected chi connectivity index (χ3v) is 6.32. The van der Waals surface area contributed by atoms with Gasteiger partial charge >= 0.3 is 0 Å². The third-order valence-electron chi connectivity index (χ3n) is 5.95. The number of nitrogens with one attached hydrogen (secondary N) is 2. The lowest BCUT2D eigenvalue weighted by Crippen LogP contribution is -2.40. The predicted octanol–water partition coefficient (Wildman–Crippen LogP) is 1.87. The second-order valence-corrected chi connectivity index (χ2v) is 8.56. The molecule has 1 saturated heterocycles. The largest absolute Gasteiger partial charge is 0.347 e. The van der Waals surface area contributed by atoms with Crippen molar-refractivity contribution in [3.05, 3.63) is 58.4 Å². The molecule has 3 aliphatic rings. The number of likely N-dealkylation sites (N-methyl/N-ethyl adjacent to an activating group) is 1. The molecule has 1 saturated carbocycles. The van der Waals surface area contributed by atoms with Crippen LogP contribution >= 0.6 is 11.6 Å². The molecule has 1 aromatic carbocycles. The number of carbonyl (C=O) groups is 2. The van der Waals surface area contributed by atoms with E-state index in [2.05, 4.69) is 30.5 Å². The first kappa shape index (κ1) is 20.0. The minimum absolute atomic E-state index is 0.0707. The fourth-order valence-corrected chi connectivity index (χ4v) is 4.26. The summed E-state index contributed by atoms with van der Waals surface area (Å²) in [7, 11) is 1.77. The fraction of sp³-hybridized carbons (Fsp3) is 0.429. The van der Waals surface area contributed by atoms with E-state index in [1.807, 2.05) is 30.3 Å². The highest BCUT2D eigenvalue weighted by atomic mass is 35.5. The van der Waals surface area contributed by atoms with Crippen LogP contribution in [0.2, 0.25) is 5.02 Å². The molecule has 2 aliphatic heterocycles. The quantitative estimate of drug-likeness (QED) is 0.735. The number of H-pyrrole nitrogens is 1. The molecule has 5 rings (SSSR count). The molecule has 31 heavy (non-hydrogen) atoms. The number of hydrogen-bond acceptors (Lipinski definition) is 6. The van der Waals surface area contributed by atoms with Crippen LogP contribution in [-0.4, -0.2) is 68.1 Å². The van der Waals surface area contributed by atoms with E-state index in [1.165, 1.54) is 0 Å². The SMILES string of the molecule is CN1C(=O)[C@H](c2nc(C(=O)NC3CC3)n[nH]2)CCN2C1=CCN2Cc1ccccc1Cl. The van der Waals surface area contributed by atoms with E-state index < -0.39 is 5.92 Å². The van der Waals surface area contributed by atoms with Crippen LogP contribution in [0.15, 0.2) is 36.2 Å². The van der Waals surface area contributed by atoms with Gasteiger partial charge in [-0.15, -0.1) is 5.10 Å². The Morgan fingerprint density at radius 3 is 2.87 bits per heavy atom. The van der Waals surface area contributed by atoms with Crippen LogP contribution in [0.3, 0.4) is 0 Å². The van der Waals surface area contributed by atoms with Crippen LogP contribution in [-0.2, 0) is 11.3 Å². The molecular weight excluding hydrogens is 418 g/mol. The van der Waals surface area contributed by atoms with E-state index >= 15 is 0 Å². The van der Waals surface area contributed by atoms with E-state index in [4.69, 9.17) is 11.6 Å². The Hall–Kier alpha value is -2.91. The predicted molar refractivity (Wildman–Crippen MR) is 114 cm³/mol. The van der Waals surface area contributed by atoms with Crippen molar-refractivity contribution in [2.75, 3.05) is 20.1 Å². The fourth-order valence-electron chi connectivity index (χ4n) is 4.06. The summed E-state index contributed by atoms with van der Waals surface area (Å²) < 4.78 is 0. The molecule has 0 radical (unpaired) electrons. The molecule has 9 nitrogen and oxygen atoms in total. The minimum atomic E-state index is -0.492. The van der Waals surface area contributed by atoms with Gasteiger partial charge in [-0.1, -0.05) is 29.8 Å². The topological polar surface area (TPSA) is 97.5 Å². The van der Waals surface area contributed by atoms with E-state index in [-0.39, 0.29) is 23.7 Å². The van der Waals surface area contributed by atoms with Crippen molar-refractivity contribution < 1.29 is 9.59 Å². The molecule has 0 unspecified atom stereocenters. The van der Waals surface area contributed by atoms with Crippen molar-refractivity contribution in [2.45, 2.75) is 37.8 Å². The Morgan fingerprint density at radius 2 is 2.10 bits per heavy atom. The number of fused-ring (bicyclic) bond motifs is 1. The number of nitrogens with zero attached hydrogens (tertiary/aromatic N) is 5. The number of benzene rings is 1. The molecule has 2 N–H and O–H groups in total. The van der Waals surface area contributed by atoms with E-state index in [0.717, 1.165) is 29.2 Å². The van der Waals surface area contributed by atoms with Gasteiger partial charge in [0.1, 0.15) is 11.6 Å². The second-order valence-electron chi connectivity index (χ2n) is 8.15. The minimum Gasteiger partial charge on any atom is -0.347 e. The van der Waals surface area contributed by atoms with Gasteiger partial charge in [0, 0.05) is 37.7 Å². The molecule has 3 heterocycles. The van der Waals surface area contributed by atoms with Crippen molar-refractivity contribution in [1.82, 2.24) is 35.4 Å². The van der Waals surface area contributed by atoms with Crippen molar-refractivity contribution in [3.63, 3.8) is 0 Å². The summed E-state index contributed by atoms with van der Waals surface area (Å²) in [5.74, 6) is 0.505. The Morgan fingerprint density at radius 1 is 1.29 bits per heavy atom. The van der Waals surface area contributed by atoms with Crippen molar-refractivity contribution >= 4 is 23.4 Å². The van der Waals surface area contributed by atoms with Crippen LogP contribution in [0.5, 0.6) is 0 Å². The standard InChI is InChI=1S/C21H24ClN7O2/c1-27-17-9-10-28(12-13-4-2-3-5-16(13)22)29(17)11-8-15(21(27)31)18-24-19(26-25-18)20(30)23-14-6-7-14/h2-5,9,14-15H,6-8,10-12H2,1H3,(H,23,30)(H,24,25,26)/t15-/m0/s1. The molecule has 1 aliphatic carbocycles. The number of rotatable bonds is 5. The van der Waals surface area contributed by atoms with Crippen molar-refractivity contribution in [2.24, 2.45) is 0 Å². The van der Waals surface area contributed by atoms with Gasteiger partial charge < -0.3 is 10.2 Å². The van der Waals surface area contributed by atoms with Gasteiger partial charge in [0.2, 0.25) is 11.7 Å². The van der Waals surface area contributed by atoms with Gasteiger partial charge in [-0.05, 0) is 37.0 Å². The summed E-state index contributed by atoms with van der Waals surface area (Å²) >= 11 is 6.35. The van der Waals surface area contributed by atoms with Crippen LogP contribution < -0.4 is 5.32 Å². The second kappa shape index (κ2) is 7.97. The zero-order valence-electron chi connectivity index (χ0n) is 17.2. The highest BCUT2D eigenvalue weighted by Crippen LogP contribution is 2.32. The maximum absolute atomic E-state index is 13.2. The molecule has 0 bridgehead atoms. The van der Waals surface area contributed by atoms with Crippen LogP contribution in [0, 0.1) is 0 Å². The number of hydrogen-bond donors (Lipinski definition) is 2. The Kier molecular flexibility index (Phi) is 5.15. The Labute approximate surface area is 185 Å². The highest BCUT2D eigenvalue weighted by Gasteiger charge is 2.38. The zero-order valence-corrected chi connectivity index (χ0v) is 18.0. The van der Waals surface area contributed by atoms with Gasteiger partial charge in [-0.25, -0.2) is 9.99 Å². The summed E-state index contributed by atoms with van der Waals surface area (Å²) in [5, 5.41) is 14.8. The normalized spacial score (nSPS) is 21.7. The highest BCUT2D eigenvalue weighted by molar-refractivity contribution is 6.31. The van der Waals surface area contributed by atoms with Crippen molar-refractivity contribution in [3.8, 4) is 0 Å². The van der Waals surface area contributed by atoms with Gasteiger partial charge in [0.25, 0.3) is 5.91 Å². The van der Waals surface area contributed by atoms with E-state index in [0.29, 0.717) is 31.9 Å². The van der Waals surface area contributed by atoms with Gasteiger partial charge in [0.05, 0.1) is 5.92 Å². The van der Waals surface area contributed by atoms with Crippen molar-refractivity contribution in [1.29, 1.82) is 0 Å². The molecule has 162 valence electrons. The lowest BCUT2D eigenvalue weighted by molar-refractivity contribution is -0.130. The maximum atomic E-state index is 13.2. The lowest BCUT2D eigenvalue weighted by Gasteiger charge is -2.33. The smallest absolute Gasteiger partial charge is 0.291 e. The number of carbonyl (C=O) groups excluding carboxylic acids is 2. The molecule has 0 spiro atoms. The molecule has 2 fully saturated rings. The monoisotopic (exact) mass is 441 g/mol. The first-order valence-corrected chi connectivity index (χ1v) is 10.9. The number of aromatic nitrogens is 3. The van der Waals surface area contributed by atoms with E-state index in [9.17, 15) is 9.59 Å². The van der Waals surface area contributed by atoms with Gasteiger partial charge in [0.15, 0.2) is 0 Å². The van der Waals surface area contributed by atoms with E-state index in [1.54, 1.807) is 11.9 Å². The molecule has 1 atom stereocenters. The molecular formula is C21H24ClN7O2. The summed E-state index contributed by atoms with van der Waals surface area (Å²) in [6.45, 7) is 2.00. The molecule has 2 amide bonds. The first-order valence-electron chi connectivity index (χ1n) is 10.5. The van der Waals surface area contributed by atoms with Gasteiger partial charge in [-0.3, -0.25) is 19.7 Å². The number of amides is 2. The zero-order chi connectivity index (χ0) is 21.5. The third kappa shape index (κ3) is 3.90. The summed E-state index contributed by atoms with van der Waals surface area (Å²) in [4.78, 5) is 31.4. The number of aromatic amines is 1. The number of halogens is 1. The molecule has 2 aromatic rings. The maximum Gasteiger partial charge on any atom is 0.291 e. The Bertz CT molecular complexity index is 1050. The summed E-state index contributed by atoms with van der Waals surface area (Å²) in [5.41, 5.74) is 1.04. The van der Waals surface area contributed by atoms with Crippen LogP contribution in [0.4, 0.5) is 0 Å². The summed E-state index contributed by atoms with van der Waals surface area (Å²) in [6.07, 6.45) is 4.58. The van der Waals surface area contributed by atoms with Gasteiger partial charge in [-0.2, -0.15) is 0 Å². The van der Waals surface area contributed by atoms with Crippen LogP contribution in [0.25, 0.3) is 0 Å². The Balaban J connectivity index is 1.32. The molecule has 10 heteroatoms. The van der Waals surface area contributed by atoms with Crippen LogP contribution in [0.1, 0.15) is 47.2 Å². The average Bonchev–Trinajstić information content (AvgIpc) is 3.32. The lowest BCUT2D eigenvalue weighted by atomic mass is 10.0.